The van der Waals surface area contributed by atoms with Crippen molar-refractivity contribution in [3.63, 3.8) is 0 Å². The molecular weight excluding hydrogens is 528 g/mol. The topological polar surface area (TPSA) is 105 Å². The van der Waals surface area contributed by atoms with Crippen LogP contribution in [0.4, 0.5) is 17.6 Å². The second-order valence-electron chi connectivity index (χ2n) is 8.38. The quantitative estimate of drug-likeness (QED) is 0.286. The van der Waals surface area contributed by atoms with E-state index in [0.29, 0.717) is 11.3 Å². The van der Waals surface area contributed by atoms with Crippen LogP contribution in [-0.4, -0.2) is 41.2 Å². The Morgan fingerprint density at radius 1 is 1.11 bits per heavy atom. The summed E-state index contributed by atoms with van der Waals surface area (Å²) in [6.07, 6.45) is 0.617. The molecule has 1 amide bonds. The van der Waals surface area contributed by atoms with Gasteiger partial charge in [-0.05, 0) is 42.5 Å². The van der Waals surface area contributed by atoms with Gasteiger partial charge in [-0.15, -0.1) is 0 Å². The molecule has 1 N–H and O–H groups in total. The van der Waals surface area contributed by atoms with Gasteiger partial charge in [-0.25, -0.2) is 12.8 Å². The van der Waals surface area contributed by atoms with Crippen LogP contribution in [0.2, 0.25) is 0 Å². The number of hydrogen-bond acceptors (Lipinski definition) is 6. The highest BCUT2D eigenvalue weighted by Crippen LogP contribution is 2.30. The van der Waals surface area contributed by atoms with Gasteiger partial charge in [-0.2, -0.15) is 17.5 Å². The Morgan fingerprint density at radius 2 is 1.92 bits per heavy atom. The Hall–Kier alpha value is -4.10. The Labute approximate surface area is 213 Å². The van der Waals surface area contributed by atoms with E-state index in [1.54, 1.807) is 12.1 Å². The van der Waals surface area contributed by atoms with Crippen LogP contribution in [0.5, 0.6) is 0 Å². The largest absolute Gasteiger partial charge is 0.443 e. The second kappa shape index (κ2) is 9.65. The molecule has 5 rings (SSSR count). The third kappa shape index (κ3) is 5.02. The zero-order valence-electron chi connectivity index (χ0n) is 19.3. The van der Waals surface area contributed by atoms with Gasteiger partial charge in [0.15, 0.2) is 0 Å². The highest BCUT2D eigenvalue weighted by Gasteiger charge is 2.38. The van der Waals surface area contributed by atoms with E-state index in [0.717, 1.165) is 28.7 Å². The molecule has 38 heavy (non-hydrogen) atoms. The zero-order valence-corrected chi connectivity index (χ0v) is 20.1. The number of furan rings is 1. The summed E-state index contributed by atoms with van der Waals surface area (Å²) in [5.74, 6) is -1.17. The van der Waals surface area contributed by atoms with Crippen LogP contribution in [0, 0.1) is 5.82 Å². The van der Waals surface area contributed by atoms with E-state index in [1.165, 1.54) is 36.5 Å². The van der Waals surface area contributed by atoms with Crippen molar-refractivity contribution in [3.8, 4) is 11.3 Å². The molecule has 13 heteroatoms. The number of sulfonamides is 1. The number of amides is 1. The lowest BCUT2D eigenvalue weighted by Crippen LogP contribution is -2.45. The molecule has 1 atom stereocenters. The fraction of sp³-hybridized carbons (Fsp3) is 0.160. The van der Waals surface area contributed by atoms with E-state index < -0.39 is 44.6 Å². The number of aromatic nitrogens is 2. The maximum absolute atomic E-state index is 13.5. The number of nitrogens with one attached hydrogen (secondary N) is 1. The van der Waals surface area contributed by atoms with Gasteiger partial charge in [0.05, 0.1) is 23.5 Å². The van der Waals surface area contributed by atoms with E-state index in [4.69, 9.17) is 4.42 Å². The number of carbonyl (C=O) groups excluding carboxylic acids is 1. The van der Waals surface area contributed by atoms with Crippen LogP contribution in [-0.2, 0) is 27.5 Å². The number of pyridine rings is 2. The molecule has 1 aromatic carbocycles. The highest BCUT2D eigenvalue weighted by molar-refractivity contribution is 7.89. The van der Waals surface area contributed by atoms with Crippen molar-refractivity contribution in [3.05, 3.63) is 90.2 Å². The molecule has 0 saturated heterocycles. The fourth-order valence-corrected chi connectivity index (χ4v) is 5.40. The van der Waals surface area contributed by atoms with Gasteiger partial charge >= 0.3 is 6.18 Å². The molecular formula is C25H18F4N4O4S. The Morgan fingerprint density at radius 3 is 2.66 bits per heavy atom. The molecule has 1 aliphatic rings. The first-order chi connectivity index (χ1) is 18.0. The molecule has 0 saturated carbocycles. The Kier molecular flexibility index (Phi) is 6.49. The van der Waals surface area contributed by atoms with E-state index in [1.807, 2.05) is 0 Å². The minimum atomic E-state index is -4.50. The van der Waals surface area contributed by atoms with Gasteiger partial charge in [-0.1, -0.05) is 12.2 Å². The molecule has 4 heterocycles. The van der Waals surface area contributed by atoms with Gasteiger partial charge < -0.3 is 9.73 Å². The van der Waals surface area contributed by atoms with Crippen LogP contribution < -0.4 is 5.32 Å². The number of rotatable bonds is 6. The monoisotopic (exact) mass is 546 g/mol. The van der Waals surface area contributed by atoms with Gasteiger partial charge in [0, 0.05) is 36.0 Å². The molecule has 0 unspecified atom stereocenters. The molecule has 196 valence electrons. The summed E-state index contributed by atoms with van der Waals surface area (Å²) in [4.78, 5) is 20.9. The minimum Gasteiger partial charge on any atom is -0.443 e. The van der Waals surface area contributed by atoms with Crippen LogP contribution >= 0.6 is 0 Å². The van der Waals surface area contributed by atoms with Gasteiger partial charge in [-0.3, -0.25) is 14.8 Å². The number of halogens is 4. The van der Waals surface area contributed by atoms with E-state index >= 15 is 0 Å². The van der Waals surface area contributed by atoms with Crippen molar-refractivity contribution < 1.29 is 35.2 Å². The average molecular weight is 547 g/mol. The first-order valence-corrected chi connectivity index (χ1v) is 12.6. The predicted molar refractivity (Wildman–Crippen MR) is 127 cm³/mol. The van der Waals surface area contributed by atoms with Crippen molar-refractivity contribution in [2.75, 3.05) is 6.54 Å². The number of carbonyl (C=O) groups is 1. The Bertz CT molecular complexity index is 1650. The van der Waals surface area contributed by atoms with Crippen LogP contribution in [0.1, 0.15) is 11.3 Å². The summed E-state index contributed by atoms with van der Waals surface area (Å²) < 4.78 is 84.6. The standard InChI is InChI=1S/C25H18F4N4O4S/c26-18-4-6-22-16(10-18)12-23(37-22)38(35,36)33-9-1-2-21(33)24(34)32-14-19-11-15(7-8-30-19)20-5-3-17(13-31-20)25(27,28)29/h1-8,10-13,21H,9,14H2,(H,32,34)/t21-/m0/s1. The van der Waals surface area contributed by atoms with Crippen LogP contribution in [0.15, 0.2) is 82.6 Å². The number of nitrogens with zero attached hydrogens (tertiary/aromatic N) is 3. The van der Waals surface area contributed by atoms with E-state index in [9.17, 15) is 30.8 Å². The maximum atomic E-state index is 13.5. The predicted octanol–water partition coefficient (Wildman–Crippen LogP) is 4.29. The molecule has 0 bridgehead atoms. The zero-order chi connectivity index (χ0) is 27.1. The smallest absolute Gasteiger partial charge is 0.417 e. The van der Waals surface area contributed by atoms with Crippen molar-refractivity contribution in [1.29, 1.82) is 0 Å². The van der Waals surface area contributed by atoms with Gasteiger partial charge in [0.1, 0.15) is 17.4 Å². The summed E-state index contributed by atoms with van der Waals surface area (Å²) in [7, 11) is -4.23. The first-order valence-electron chi connectivity index (χ1n) is 11.2. The average Bonchev–Trinajstić information content (AvgIpc) is 3.55. The first kappa shape index (κ1) is 25.5. The maximum Gasteiger partial charge on any atom is 0.417 e. The van der Waals surface area contributed by atoms with Crippen molar-refractivity contribution in [1.82, 2.24) is 19.6 Å². The van der Waals surface area contributed by atoms with Gasteiger partial charge in [0.25, 0.3) is 10.0 Å². The molecule has 3 aromatic heterocycles. The second-order valence-corrected chi connectivity index (χ2v) is 10.2. The number of alkyl halides is 3. The van der Waals surface area contributed by atoms with Gasteiger partial charge in [0.2, 0.25) is 11.0 Å². The summed E-state index contributed by atoms with van der Waals surface area (Å²) >= 11 is 0. The molecule has 0 radical (unpaired) electrons. The number of benzene rings is 1. The van der Waals surface area contributed by atoms with E-state index in [-0.39, 0.29) is 29.8 Å². The van der Waals surface area contributed by atoms with Crippen LogP contribution in [0.3, 0.4) is 0 Å². The van der Waals surface area contributed by atoms with Crippen molar-refractivity contribution in [2.24, 2.45) is 0 Å². The molecule has 4 aromatic rings. The third-order valence-corrected chi connectivity index (χ3v) is 7.55. The summed E-state index contributed by atoms with van der Waals surface area (Å²) in [5, 5.41) is 2.48. The SMILES string of the molecule is O=C(NCc1cc(-c2ccc(C(F)(F)F)cn2)ccn1)[C@@H]1C=CCN1S(=O)(=O)c1cc2cc(F)ccc2o1. The highest BCUT2D eigenvalue weighted by atomic mass is 32.2. The lowest BCUT2D eigenvalue weighted by Gasteiger charge is -2.22. The Balaban J connectivity index is 1.29. The van der Waals surface area contributed by atoms with Crippen LogP contribution in [0.25, 0.3) is 22.2 Å². The third-order valence-electron chi connectivity index (χ3n) is 5.85. The minimum absolute atomic E-state index is 0.0703. The van der Waals surface area contributed by atoms with E-state index in [2.05, 4.69) is 15.3 Å². The normalized spacial score (nSPS) is 16.3. The van der Waals surface area contributed by atoms with Crippen molar-refractivity contribution >= 4 is 26.9 Å². The molecule has 0 spiro atoms. The summed E-state index contributed by atoms with van der Waals surface area (Å²) in [5.41, 5.74) is 0.473. The lowest BCUT2D eigenvalue weighted by molar-refractivity contribution is -0.137. The molecule has 0 fully saturated rings. The summed E-state index contributed by atoms with van der Waals surface area (Å²) in [6.45, 7) is -0.144. The number of hydrogen-bond donors (Lipinski definition) is 1. The summed E-state index contributed by atoms with van der Waals surface area (Å²) in [6, 6.07) is 8.92. The molecule has 8 nitrogen and oxygen atoms in total. The fourth-order valence-electron chi connectivity index (χ4n) is 3.95. The number of fused-ring (bicyclic) bond motifs is 1. The molecule has 1 aliphatic heterocycles. The molecule has 0 aliphatic carbocycles. The van der Waals surface area contributed by atoms with Crippen molar-refractivity contribution in [2.45, 2.75) is 23.9 Å². The lowest BCUT2D eigenvalue weighted by atomic mass is 10.1.